The molecular weight excluding hydrogens is 252 g/mol. The zero-order chi connectivity index (χ0) is 14.6. The van der Waals surface area contributed by atoms with Gasteiger partial charge in [0.15, 0.2) is 0 Å². The second kappa shape index (κ2) is 9.85. The minimum absolute atomic E-state index is 0.288. The molecule has 1 rings (SSSR count). The fourth-order valence-corrected chi connectivity index (χ4v) is 2.23. The average molecular weight is 272 g/mol. The summed E-state index contributed by atoms with van der Waals surface area (Å²) in [4.78, 5) is 28.1. The SMILES string of the molecule is CCCCCCCc1c(CN=C=O)cccc1N=C=O. The molecule has 20 heavy (non-hydrogen) atoms. The number of hydrogen-bond acceptors (Lipinski definition) is 4. The van der Waals surface area contributed by atoms with E-state index in [1.807, 2.05) is 12.1 Å². The van der Waals surface area contributed by atoms with Crippen LogP contribution in [0.3, 0.4) is 0 Å². The van der Waals surface area contributed by atoms with Gasteiger partial charge in [-0.1, -0.05) is 44.7 Å². The van der Waals surface area contributed by atoms with Crippen molar-refractivity contribution in [2.45, 2.75) is 52.0 Å². The van der Waals surface area contributed by atoms with Crippen LogP contribution < -0.4 is 0 Å². The number of carbonyl (C=O) groups excluding carboxylic acids is 2. The van der Waals surface area contributed by atoms with Crippen LogP contribution in [0.25, 0.3) is 0 Å². The van der Waals surface area contributed by atoms with Crippen molar-refractivity contribution in [3.05, 3.63) is 29.3 Å². The van der Waals surface area contributed by atoms with Crippen molar-refractivity contribution >= 4 is 17.8 Å². The summed E-state index contributed by atoms with van der Waals surface area (Å²) in [5.41, 5.74) is 2.56. The second-order valence-electron chi connectivity index (χ2n) is 4.69. The summed E-state index contributed by atoms with van der Waals surface area (Å²) in [6, 6.07) is 5.51. The summed E-state index contributed by atoms with van der Waals surface area (Å²) in [6.45, 7) is 2.47. The molecule has 4 heteroatoms. The van der Waals surface area contributed by atoms with Crippen molar-refractivity contribution in [3.63, 3.8) is 0 Å². The van der Waals surface area contributed by atoms with Crippen LogP contribution in [0.4, 0.5) is 5.69 Å². The molecule has 0 aliphatic heterocycles. The van der Waals surface area contributed by atoms with Gasteiger partial charge in [-0.2, -0.15) is 4.99 Å². The van der Waals surface area contributed by atoms with Crippen molar-refractivity contribution in [1.29, 1.82) is 0 Å². The summed E-state index contributed by atoms with van der Waals surface area (Å²) in [5.74, 6) is 0. The Morgan fingerprint density at radius 1 is 1.05 bits per heavy atom. The molecule has 0 aliphatic carbocycles. The van der Waals surface area contributed by atoms with Crippen LogP contribution in [-0.2, 0) is 22.6 Å². The molecule has 1 aromatic rings. The highest BCUT2D eigenvalue weighted by molar-refractivity contribution is 5.56. The van der Waals surface area contributed by atoms with E-state index in [0.717, 1.165) is 30.4 Å². The molecule has 0 atom stereocenters. The molecule has 0 amide bonds. The van der Waals surface area contributed by atoms with Crippen LogP contribution in [0.1, 0.15) is 50.2 Å². The van der Waals surface area contributed by atoms with Gasteiger partial charge >= 0.3 is 0 Å². The first-order valence-corrected chi connectivity index (χ1v) is 7.05. The Balaban J connectivity index is 2.81. The molecule has 0 spiro atoms. The Morgan fingerprint density at radius 3 is 2.55 bits per heavy atom. The summed E-state index contributed by atoms with van der Waals surface area (Å²) < 4.78 is 0. The minimum Gasteiger partial charge on any atom is -0.211 e. The summed E-state index contributed by atoms with van der Waals surface area (Å²) in [7, 11) is 0. The third kappa shape index (κ3) is 5.31. The van der Waals surface area contributed by atoms with Crippen molar-refractivity contribution in [1.82, 2.24) is 0 Å². The monoisotopic (exact) mass is 272 g/mol. The number of benzene rings is 1. The largest absolute Gasteiger partial charge is 0.240 e. The second-order valence-corrected chi connectivity index (χ2v) is 4.69. The molecule has 0 aliphatic rings. The lowest BCUT2D eigenvalue weighted by atomic mass is 9.98. The van der Waals surface area contributed by atoms with E-state index in [4.69, 9.17) is 0 Å². The van der Waals surface area contributed by atoms with Crippen LogP contribution in [0.5, 0.6) is 0 Å². The first-order chi connectivity index (χ1) is 9.83. The fraction of sp³-hybridized carbons (Fsp3) is 0.500. The molecule has 0 aromatic heterocycles. The van der Waals surface area contributed by atoms with Gasteiger partial charge in [0.05, 0.1) is 12.2 Å². The molecule has 106 valence electrons. The van der Waals surface area contributed by atoms with Gasteiger partial charge in [-0.25, -0.2) is 14.6 Å². The maximum Gasteiger partial charge on any atom is 0.240 e. The quantitative estimate of drug-likeness (QED) is 0.387. The van der Waals surface area contributed by atoms with Crippen LogP contribution in [-0.4, -0.2) is 12.2 Å². The van der Waals surface area contributed by atoms with E-state index in [1.165, 1.54) is 19.3 Å². The predicted octanol–water partition coefficient (Wildman–Crippen LogP) is 4.00. The van der Waals surface area contributed by atoms with Crippen molar-refractivity contribution < 1.29 is 9.59 Å². The van der Waals surface area contributed by atoms with E-state index in [2.05, 4.69) is 16.9 Å². The first kappa shape index (κ1) is 16.0. The molecular formula is C16H20N2O2. The Labute approximate surface area is 119 Å². The first-order valence-electron chi connectivity index (χ1n) is 7.05. The molecule has 0 radical (unpaired) electrons. The highest BCUT2D eigenvalue weighted by atomic mass is 16.1. The van der Waals surface area contributed by atoms with Crippen molar-refractivity contribution in [3.8, 4) is 0 Å². The fourth-order valence-electron chi connectivity index (χ4n) is 2.23. The highest BCUT2D eigenvalue weighted by Gasteiger charge is 2.07. The molecule has 0 heterocycles. The van der Waals surface area contributed by atoms with E-state index in [1.54, 1.807) is 18.2 Å². The maximum absolute atomic E-state index is 10.5. The van der Waals surface area contributed by atoms with Crippen molar-refractivity contribution in [2.24, 2.45) is 9.98 Å². The van der Waals surface area contributed by atoms with Gasteiger partial charge in [-0.15, -0.1) is 0 Å². The van der Waals surface area contributed by atoms with E-state index in [9.17, 15) is 9.59 Å². The highest BCUT2D eigenvalue weighted by Crippen LogP contribution is 2.25. The van der Waals surface area contributed by atoms with Gasteiger partial charge in [0.2, 0.25) is 12.2 Å². The minimum atomic E-state index is 0.288. The van der Waals surface area contributed by atoms with Crippen LogP contribution in [0, 0.1) is 0 Å². The number of nitrogens with zero attached hydrogens (tertiary/aromatic N) is 2. The number of aliphatic imine (C=N–C) groups is 2. The number of unbranched alkanes of at least 4 members (excludes halogenated alkanes) is 4. The third-order valence-electron chi connectivity index (χ3n) is 3.26. The topological polar surface area (TPSA) is 58.9 Å². The molecule has 1 aromatic carbocycles. The molecule has 0 saturated carbocycles. The lowest BCUT2D eigenvalue weighted by Crippen LogP contribution is -1.95. The summed E-state index contributed by atoms with van der Waals surface area (Å²) in [5, 5.41) is 0. The Morgan fingerprint density at radius 2 is 1.85 bits per heavy atom. The van der Waals surface area contributed by atoms with Crippen molar-refractivity contribution in [2.75, 3.05) is 0 Å². The van der Waals surface area contributed by atoms with Gasteiger partial charge in [-0.3, -0.25) is 0 Å². The number of rotatable bonds is 9. The zero-order valence-corrected chi connectivity index (χ0v) is 11.9. The third-order valence-corrected chi connectivity index (χ3v) is 3.26. The maximum atomic E-state index is 10.5. The molecule has 0 fully saturated rings. The molecule has 0 N–H and O–H groups in total. The van der Waals surface area contributed by atoms with Crippen LogP contribution in [0.15, 0.2) is 28.2 Å². The standard InChI is InChI=1S/C16H20N2O2/c1-2-3-4-5-6-9-15-14(11-17-12-19)8-7-10-16(15)18-13-20/h7-8,10H,2-6,9,11H2,1H3. The molecule has 4 nitrogen and oxygen atoms in total. The van der Waals surface area contributed by atoms with E-state index in [-0.39, 0.29) is 6.54 Å². The summed E-state index contributed by atoms with van der Waals surface area (Å²) >= 11 is 0. The number of hydrogen-bond donors (Lipinski definition) is 0. The molecule has 0 unspecified atom stereocenters. The molecule has 0 bridgehead atoms. The Hall–Kier alpha value is -2.02. The van der Waals surface area contributed by atoms with Crippen LogP contribution in [0.2, 0.25) is 0 Å². The number of isocyanates is 2. The summed E-state index contributed by atoms with van der Waals surface area (Å²) in [6.07, 6.45) is 9.85. The Bertz CT molecular complexity index is 513. The molecule has 0 saturated heterocycles. The van der Waals surface area contributed by atoms with Gasteiger partial charge in [-0.05, 0) is 30.0 Å². The average Bonchev–Trinajstić information content (AvgIpc) is 2.47. The van der Waals surface area contributed by atoms with Gasteiger partial charge < -0.3 is 0 Å². The van der Waals surface area contributed by atoms with Crippen LogP contribution >= 0.6 is 0 Å². The lowest BCUT2D eigenvalue weighted by Gasteiger charge is -2.09. The predicted molar refractivity (Wildman–Crippen MR) is 78.5 cm³/mol. The van der Waals surface area contributed by atoms with E-state index in [0.29, 0.717) is 5.69 Å². The van der Waals surface area contributed by atoms with Gasteiger partial charge in [0.25, 0.3) is 0 Å². The zero-order valence-electron chi connectivity index (χ0n) is 11.9. The smallest absolute Gasteiger partial charge is 0.211 e. The van der Waals surface area contributed by atoms with Gasteiger partial charge in [0, 0.05) is 0 Å². The van der Waals surface area contributed by atoms with E-state index >= 15 is 0 Å². The lowest BCUT2D eigenvalue weighted by molar-refractivity contribution is 0.562. The van der Waals surface area contributed by atoms with Gasteiger partial charge in [0.1, 0.15) is 0 Å². The Kier molecular flexibility index (Phi) is 7.90. The normalized spacial score (nSPS) is 9.65. The van der Waals surface area contributed by atoms with E-state index < -0.39 is 0 Å².